The Morgan fingerprint density at radius 1 is 1.36 bits per heavy atom. The first kappa shape index (κ1) is 16.0. The summed E-state index contributed by atoms with van der Waals surface area (Å²) in [6.45, 7) is 4.01. The number of ether oxygens (including phenoxy) is 1. The molecule has 1 aliphatic rings. The van der Waals surface area contributed by atoms with Gasteiger partial charge in [-0.15, -0.1) is 5.10 Å². The fourth-order valence-electron chi connectivity index (χ4n) is 1.76. The number of amidine groups is 1. The van der Waals surface area contributed by atoms with Crippen molar-refractivity contribution in [1.29, 1.82) is 0 Å². The molecule has 0 saturated carbocycles. The summed E-state index contributed by atoms with van der Waals surface area (Å²) in [5, 5.41) is 10.8. The lowest BCUT2D eigenvalue weighted by Gasteiger charge is -1.99. The van der Waals surface area contributed by atoms with Crippen LogP contribution in [0.15, 0.2) is 39.4 Å². The molecular weight excluding hydrogens is 302 g/mol. The van der Waals surface area contributed by atoms with Gasteiger partial charge in [-0.2, -0.15) is 5.10 Å². The van der Waals surface area contributed by atoms with E-state index < -0.39 is 11.9 Å². The number of hydrogen-bond acceptors (Lipinski definition) is 6. The number of aryl methyl sites for hydroxylation is 2. The molecule has 1 saturated heterocycles. The van der Waals surface area contributed by atoms with E-state index in [1.807, 2.05) is 26.0 Å². The number of nitrogens with zero attached hydrogens (tertiary/aromatic N) is 2. The fraction of sp³-hybridized carbons (Fsp3) is 0.200. The molecule has 1 aromatic rings. The van der Waals surface area contributed by atoms with E-state index in [2.05, 4.69) is 26.3 Å². The topological polar surface area (TPSA) is 80.1 Å². The molecule has 0 bridgehead atoms. The van der Waals surface area contributed by atoms with E-state index in [0.717, 1.165) is 29.0 Å². The minimum absolute atomic E-state index is 0.229. The van der Waals surface area contributed by atoms with E-state index in [1.54, 1.807) is 6.21 Å². The van der Waals surface area contributed by atoms with Crippen LogP contribution < -0.4 is 5.32 Å². The van der Waals surface area contributed by atoms with Crippen molar-refractivity contribution in [2.24, 2.45) is 10.2 Å². The molecule has 0 atom stereocenters. The van der Waals surface area contributed by atoms with E-state index in [0.29, 0.717) is 5.17 Å². The summed E-state index contributed by atoms with van der Waals surface area (Å²) in [6, 6.07) is 6.00. The molecule has 1 N–H and O–H groups in total. The molecular formula is C15H15N3O3S. The molecule has 0 unspecified atom stereocenters. The molecule has 2 rings (SSSR count). The van der Waals surface area contributed by atoms with E-state index in [1.165, 1.54) is 12.7 Å². The predicted molar refractivity (Wildman–Crippen MR) is 86.8 cm³/mol. The van der Waals surface area contributed by atoms with Crippen molar-refractivity contribution in [2.45, 2.75) is 13.8 Å². The van der Waals surface area contributed by atoms with Crippen molar-refractivity contribution in [2.75, 3.05) is 7.11 Å². The molecule has 22 heavy (non-hydrogen) atoms. The zero-order valence-corrected chi connectivity index (χ0v) is 13.2. The number of methoxy groups -OCH3 is 1. The molecule has 7 heteroatoms. The van der Waals surface area contributed by atoms with Crippen molar-refractivity contribution in [3.05, 3.63) is 45.9 Å². The van der Waals surface area contributed by atoms with Crippen LogP contribution in [-0.4, -0.2) is 30.4 Å². The summed E-state index contributed by atoms with van der Waals surface area (Å²) in [4.78, 5) is 23.0. The molecule has 1 heterocycles. The lowest BCUT2D eigenvalue weighted by atomic mass is 10.1. The van der Waals surface area contributed by atoms with Gasteiger partial charge in [0, 0.05) is 6.08 Å². The lowest BCUT2D eigenvalue weighted by molar-refractivity contribution is -0.135. The Bertz CT molecular complexity index is 708. The average molecular weight is 317 g/mol. The number of nitrogens with one attached hydrogen (secondary N) is 1. The third-order valence-corrected chi connectivity index (χ3v) is 3.77. The normalized spacial score (nSPS) is 18.2. The van der Waals surface area contributed by atoms with Crippen LogP contribution in [0.4, 0.5) is 0 Å². The average Bonchev–Trinajstić information content (AvgIpc) is 2.81. The van der Waals surface area contributed by atoms with Gasteiger partial charge < -0.3 is 4.74 Å². The first-order valence-corrected chi connectivity index (χ1v) is 7.28. The van der Waals surface area contributed by atoms with Gasteiger partial charge in [-0.25, -0.2) is 4.79 Å². The maximum Gasteiger partial charge on any atom is 0.331 e. The number of carbonyl (C=O) groups is 2. The predicted octanol–water partition coefficient (Wildman–Crippen LogP) is 1.91. The Kier molecular flexibility index (Phi) is 5.11. The number of benzene rings is 1. The molecule has 6 nitrogen and oxygen atoms in total. The van der Waals surface area contributed by atoms with Gasteiger partial charge in [0.25, 0.3) is 5.91 Å². The summed E-state index contributed by atoms with van der Waals surface area (Å²) >= 11 is 1.04. The Labute approximate surface area is 132 Å². The minimum atomic E-state index is -0.585. The van der Waals surface area contributed by atoms with E-state index >= 15 is 0 Å². The van der Waals surface area contributed by atoms with Crippen molar-refractivity contribution < 1.29 is 14.3 Å². The maximum absolute atomic E-state index is 11.6. The van der Waals surface area contributed by atoms with E-state index in [4.69, 9.17) is 0 Å². The number of rotatable bonds is 3. The molecule has 0 radical (unpaired) electrons. The summed E-state index contributed by atoms with van der Waals surface area (Å²) in [5.74, 6) is -0.978. The Morgan fingerprint density at radius 3 is 2.82 bits per heavy atom. The number of hydrogen-bond donors (Lipinski definition) is 1. The maximum atomic E-state index is 11.6. The van der Waals surface area contributed by atoms with Gasteiger partial charge in [0.2, 0.25) is 0 Å². The van der Waals surface area contributed by atoms with Crippen LogP contribution in [0.2, 0.25) is 0 Å². The van der Waals surface area contributed by atoms with Crippen LogP contribution in [0.25, 0.3) is 0 Å². The molecule has 0 spiro atoms. The zero-order chi connectivity index (χ0) is 16.1. The fourth-order valence-corrected chi connectivity index (χ4v) is 2.49. The summed E-state index contributed by atoms with van der Waals surface area (Å²) in [7, 11) is 1.25. The van der Waals surface area contributed by atoms with Gasteiger partial charge in [-0.1, -0.05) is 23.8 Å². The Balaban J connectivity index is 2.08. The first-order chi connectivity index (χ1) is 10.5. The van der Waals surface area contributed by atoms with Crippen molar-refractivity contribution in [1.82, 2.24) is 5.32 Å². The van der Waals surface area contributed by atoms with Crippen molar-refractivity contribution in [3.8, 4) is 0 Å². The second-order valence-corrected chi connectivity index (χ2v) is 5.63. The van der Waals surface area contributed by atoms with Gasteiger partial charge in [-0.05, 0) is 36.7 Å². The highest BCUT2D eigenvalue weighted by molar-refractivity contribution is 8.18. The van der Waals surface area contributed by atoms with Crippen molar-refractivity contribution >= 4 is 35.0 Å². The lowest BCUT2D eigenvalue weighted by Crippen LogP contribution is -2.19. The SMILES string of the molecule is COC(=O)/C=C1/S/C(=N\N=Cc2ccc(C)cc2C)NC1=O. The summed E-state index contributed by atoms with van der Waals surface area (Å²) in [6.07, 6.45) is 2.74. The van der Waals surface area contributed by atoms with Crippen LogP contribution >= 0.6 is 11.8 Å². The molecule has 1 aromatic carbocycles. The summed E-state index contributed by atoms with van der Waals surface area (Å²) < 4.78 is 4.48. The summed E-state index contributed by atoms with van der Waals surface area (Å²) in [5.41, 5.74) is 3.23. The highest BCUT2D eigenvalue weighted by Gasteiger charge is 2.24. The third-order valence-electron chi connectivity index (χ3n) is 2.87. The molecule has 114 valence electrons. The Morgan fingerprint density at radius 2 is 2.14 bits per heavy atom. The number of thioether (sulfide) groups is 1. The molecule has 0 aromatic heterocycles. The van der Waals surface area contributed by atoms with E-state index in [-0.39, 0.29) is 4.91 Å². The van der Waals surface area contributed by atoms with Crippen LogP contribution in [0.5, 0.6) is 0 Å². The van der Waals surface area contributed by atoms with Crippen molar-refractivity contribution in [3.63, 3.8) is 0 Å². The van der Waals surface area contributed by atoms with Crippen LogP contribution in [-0.2, 0) is 14.3 Å². The second kappa shape index (κ2) is 7.04. The van der Waals surface area contributed by atoms with Gasteiger partial charge in [0.05, 0.1) is 18.2 Å². The first-order valence-electron chi connectivity index (χ1n) is 6.46. The van der Waals surface area contributed by atoms with Crippen LogP contribution in [0.1, 0.15) is 16.7 Å². The molecule has 1 aliphatic heterocycles. The number of amides is 1. The quantitative estimate of drug-likeness (QED) is 0.400. The van der Waals surface area contributed by atoms with Crippen LogP contribution in [0.3, 0.4) is 0 Å². The van der Waals surface area contributed by atoms with Crippen LogP contribution in [0, 0.1) is 13.8 Å². The van der Waals surface area contributed by atoms with Gasteiger partial charge in [-0.3, -0.25) is 10.1 Å². The van der Waals surface area contributed by atoms with Gasteiger partial charge in [0.1, 0.15) is 0 Å². The number of esters is 1. The molecule has 1 amide bonds. The minimum Gasteiger partial charge on any atom is -0.466 e. The van der Waals surface area contributed by atoms with Gasteiger partial charge >= 0.3 is 5.97 Å². The van der Waals surface area contributed by atoms with Gasteiger partial charge in [0.15, 0.2) is 5.17 Å². The Hall–Kier alpha value is -2.41. The van der Waals surface area contributed by atoms with E-state index in [9.17, 15) is 9.59 Å². The largest absolute Gasteiger partial charge is 0.466 e. The molecule has 1 fully saturated rings. The monoisotopic (exact) mass is 317 g/mol. The highest BCUT2D eigenvalue weighted by atomic mass is 32.2. The third kappa shape index (κ3) is 4.05. The second-order valence-electron chi connectivity index (χ2n) is 4.60. The standard InChI is InChI=1S/C15H15N3O3S/c1-9-4-5-11(10(2)6-9)8-16-18-15-17-14(20)12(22-15)7-13(19)21-3/h4-8H,1-3H3,(H,17,18,20)/b12-7+,16-8?. The molecule has 0 aliphatic carbocycles. The highest BCUT2D eigenvalue weighted by Crippen LogP contribution is 2.23. The zero-order valence-electron chi connectivity index (χ0n) is 12.4. The smallest absolute Gasteiger partial charge is 0.331 e. The number of carbonyl (C=O) groups excluding carboxylic acids is 2.